The van der Waals surface area contributed by atoms with E-state index < -0.39 is 8.11 Å². The summed E-state index contributed by atoms with van der Waals surface area (Å²) in [5.41, 5.74) is 0.228. The first-order chi connectivity index (χ1) is 6.91. The van der Waals surface area contributed by atoms with Gasteiger partial charge in [-0.05, 0) is 12.1 Å². The number of ether oxygens (including phenoxy) is 1. The number of esters is 1. The number of alkyl halides is 3. The lowest BCUT2D eigenvalue weighted by Crippen LogP contribution is -2.19. The van der Waals surface area contributed by atoms with E-state index in [0.29, 0.717) is 5.75 Å². The Labute approximate surface area is 113 Å². The largest absolute Gasteiger partial charge is 0.423 e. The lowest BCUT2D eigenvalue weighted by Gasteiger charge is -2.14. The minimum Gasteiger partial charge on any atom is -0.423 e. The lowest BCUT2D eigenvalue weighted by molar-refractivity contribution is -0.130. The molecule has 0 unspecified atom stereocenters. The monoisotopic (exact) mass is 396 g/mol. The summed E-state index contributed by atoms with van der Waals surface area (Å²) < 4.78 is 4.25. The molecule has 0 N–H and O–H groups in total. The SMILES string of the molecule is C=C(C(=O)Oc1ccccc1)C(Br)(Br)Br. The molecule has 80 valence electrons. The van der Waals surface area contributed by atoms with Gasteiger partial charge in [0.15, 0.2) is 2.14 Å². The van der Waals surface area contributed by atoms with E-state index in [-0.39, 0.29) is 5.57 Å². The molecule has 0 saturated carbocycles. The second kappa shape index (κ2) is 5.27. The van der Waals surface area contributed by atoms with Gasteiger partial charge in [0, 0.05) is 0 Å². The van der Waals surface area contributed by atoms with Crippen molar-refractivity contribution in [3.05, 3.63) is 42.5 Å². The van der Waals surface area contributed by atoms with Crippen LogP contribution in [0.2, 0.25) is 0 Å². The molecule has 0 aliphatic carbocycles. The Hall–Kier alpha value is -0.130. The Bertz CT molecular complexity index is 368. The summed E-state index contributed by atoms with van der Waals surface area (Å²) in [7, 11) is 0. The number of halogens is 3. The Morgan fingerprint density at radius 1 is 1.20 bits per heavy atom. The molecule has 1 aromatic rings. The van der Waals surface area contributed by atoms with Crippen LogP contribution in [0.15, 0.2) is 42.5 Å². The molecule has 15 heavy (non-hydrogen) atoms. The van der Waals surface area contributed by atoms with Gasteiger partial charge < -0.3 is 4.74 Å². The van der Waals surface area contributed by atoms with Crippen LogP contribution < -0.4 is 4.74 Å². The highest BCUT2D eigenvalue weighted by atomic mass is 80.0. The predicted molar refractivity (Wildman–Crippen MR) is 70.7 cm³/mol. The van der Waals surface area contributed by atoms with Crippen LogP contribution in [0.5, 0.6) is 5.75 Å². The fourth-order valence-corrected chi connectivity index (χ4v) is 1.26. The van der Waals surface area contributed by atoms with E-state index in [4.69, 9.17) is 4.74 Å². The van der Waals surface area contributed by atoms with Gasteiger partial charge in [-0.15, -0.1) is 0 Å². The van der Waals surface area contributed by atoms with Crippen molar-refractivity contribution in [2.45, 2.75) is 2.14 Å². The third-order valence-electron chi connectivity index (χ3n) is 1.54. The quantitative estimate of drug-likeness (QED) is 0.326. The summed E-state index contributed by atoms with van der Waals surface area (Å²) in [6, 6.07) is 8.81. The average molecular weight is 399 g/mol. The molecule has 1 rings (SSSR count). The zero-order chi connectivity index (χ0) is 11.5. The number of rotatable bonds is 2. The van der Waals surface area contributed by atoms with E-state index in [9.17, 15) is 4.79 Å². The molecule has 0 aromatic heterocycles. The number of hydrogen-bond acceptors (Lipinski definition) is 2. The fraction of sp³-hybridized carbons (Fsp3) is 0.100. The lowest BCUT2D eigenvalue weighted by atomic mass is 10.3. The molecule has 0 bridgehead atoms. The summed E-state index contributed by atoms with van der Waals surface area (Å²) in [4.78, 5) is 11.5. The van der Waals surface area contributed by atoms with Crippen LogP contribution in [0.4, 0.5) is 0 Å². The summed E-state index contributed by atoms with van der Waals surface area (Å²) >= 11 is 9.57. The van der Waals surface area contributed by atoms with Crippen molar-refractivity contribution in [1.82, 2.24) is 0 Å². The Balaban J connectivity index is 2.69. The summed E-state index contributed by atoms with van der Waals surface area (Å²) in [6.07, 6.45) is 0. The first-order valence-corrected chi connectivity index (χ1v) is 6.32. The molecule has 0 aliphatic rings. The molecule has 0 amide bonds. The highest BCUT2D eigenvalue weighted by Gasteiger charge is 2.29. The smallest absolute Gasteiger partial charge is 0.342 e. The van der Waals surface area contributed by atoms with Crippen LogP contribution in [-0.4, -0.2) is 8.11 Å². The van der Waals surface area contributed by atoms with Gasteiger partial charge in [-0.2, -0.15) is 0 Å². The maximum atomic E-state index is 11.5. The Kier molecular flexibility index (Phi) is 4.55. The van der Waals surface area contributed by atoms with Crippen LogP contribution in [0.25, 0.3) is 0 Å². The minimum absolute atomic E-state index is 0.228. The molecule has 0 fully saturated rings. The van der Waals surface area contributed by atoms with Crippen LogP contribution in [0, 0.1) is 0 Å². The first kappa shape index (κ1) is 12.9. The normalized spacial score (nSPS) is 10.9. The summed E-state index contributed by atoms with van der Waals surface area (Å²) in [5, 5.41) is 0. The molecule has 0 spiro atoms. The molecule has 0 aliphatic heterocycles. The maximum Gasteiger partial charge on any atom is 0.342 e. The van der Waals surface area contributed by atoms with E-state index in [1.807, 2.05) is 6.07 Å². The molecule has 0 radical (unpaired) electrons. The van der Waals surface area contributed by atoms with Gasteiger partial charge in [-0.1, -0.05) is 72.6 Å². The van der Waals surface area contributed by atoms with E-state index in [0.717, 1.165) is 0 Å². The van der Waals surface area contributed by atoms with Crippen LogP contribution >= 0.6 is 47.8 Å². The highest BCUT2D eigenvalue weighted by Crippen LogP contribution is 2.40. The maximum absolute atomic E-state index is 11.5. The van der Waals surface area contributed by atoms with Gasteiger partial charge >= 0.3 is 5.97 Å². The number of carbonyl (C=O) groups is 1. The van der Waals surface area contributed by atoms with Gasteiger partial charge in [0.1, 0.15) is 5.75 Å². The van der Waals surface area contributed by atoms with Crippen molar-refractivity contribution < 1.29 is 9.53 Å². The average Bonchev–Trinajstić information content (AvgIpc) is 2.16. The van der Waals surface area contributed by atoms with Gasteiger partial charge in [0.2, 0.25) is 0 Å². The third kappa shape index (κ3) is 4.09. The van der Waals surface area contributed by atoms with E-state index >= 15 is 0 Å². The molecular weight excluding hydrogens is 392 g/mol. The summed E-state index contributed by atoms with van der Waals surface area (Å²) in [5.74, 6) is -0.0211. The number of benzene rings is 1. The molecule has 2 nitrogen and oxygen atoms in total. The van der Waals surface area contributed by atoms with E-state index in [1.165, 1.54) is 0 Å². The van der Waals surface area contributed by atoms with Crippen molar-refractivity contribution in [3.63, 3.8) is 0 Å². The minimum atomic E-state index is -0.821. The standard InChI is InChI=1S/C10H7Br3O2/c1-7(10(11,12)13)9(14)15-8-5-3-2-4-6-8/h2-6H,1H2. The molecule has 0 atom stereocenters. The number of hydrogen-bond donors (Lipinski definition) is 0. The Morgan fingerprint density at radius 2 is 1.73 bits per heavy atom. The number of carbonyl (C=O) groups excluding carboxylic acids is 1. The zero-order valence-corrected chi connectivity index (χ0v) is 12.3. The van der Waals surface area contributed by atoms with Crippen molar-refractivity contribution in [1.29, 1.82) is 0 Å². The topological polar surface area (TPSA) is 26.3 Å². The van der Waals surface area contributed by atoms with Gasteiger partial charge in [-0.25, -0.2) is 4.79 Å². The fourth-order valence-electron chi connectivity index (χ4n) is 0.773. The first-order valence-electron chi connectivity index (χ1n) is 3.94. The van der Waals surface area contributed by atoms with Crippen LogP contribution in [-0.2, 0) is 4.79 Å². The number of para-hydroxylation sites is 1. The zero-order valence-electron chi connectivity index (χ0n) is 7.54. The molecule has 1 aromatic carbocycles. The van der Waals surface area contributed by atoms with E-state index in [1.54, 1.807) is 24.3 Å². The van der Waals surface area contributed by atoms with Gasteiger partial charge in [0.05, 0.1) is 5.57 Å². The molecule has 0 heterocycles. The third-order valence-corrected chi connectivity index (χ3v) is 2.98. The van der Waals surface area contributed by atoms with Crippen molar-refractivity contribution in [3.8, 4) is 5.75 Å². The van der Waals surface area contributed by atoms with Crippen LogP contribution in [0.1, 0.15) is 0 Å². The summed E-state index contributed by atoms with van der Waals surface area (Å²) in [6.45, 7) is 3.61. The molecule has 0 saturated heterocycles. The molecule has 5 heteroatoms. The predicted octanol–water partition coefficient (Wildman–Crippen LogP) is 3.99. The van der Waals surface area contributed by atoms with Gasteiger partial charge in [-0.3, -0.25) is 0 Å². The van der Waals surface area contributed by atoms with Crippen molar-refractivity contribution in [2.24, 2.45) is 0 Å². The second-order valence-corrected chi connectivity index (χ2v) is 9.44. The second-order valence-electron chi connectivity index (χ2n) is 2.68. The molecular formula is C10H7Br3O2. The van der Waals surface area contributed by atoms with Crippen LogP contribution in [0.3, 0.4) is 0 Å². The Morgan fingerprint density at radius 3 is 2.20 bits per heavy atom. The van der Waals surface area contributed by atoms with Gasteiger partial charge in [0.25, 0.3) is 0 Å². The van der Waals surface area contributed by atoms with Crippen molar-refractivity contribution >= 4 is 53.8 Å². The van der Waals surface area contributed by atoms with E-state index in [2.05, 4.69) is 54.4 Å². The van der Waals surface area contributed by atoms with Crippen molar-refractivity contribution in [2.75, 3.05) is 0 Å². The highest BCUT2D eigenvalue weighted by molar-refractivity contribution is 9.39.